The molecule has 0 saturated carbocycles. The Morgan fingerprint density at radius 2 is 0.919 bits per heavy atom. The predicted molar refractivity (Wildman–Crippen MR) is 151 cm³/mol. The molecule has 0 spiro atoms. The molecule has 6 heteroatoms. The zero-order valence-electron chi connectivity index (χ0n) is 25.8. The first kappa shape index (κ1) is 31.6. The Bertz CT molecular complexity index is 804. The van der Waals surface area contributed by atoms with Crippen molar-refractivity contribution >= 4 is 11.9 Å². The summed E-state index contributed by atoms with van der Waals surface area (Å²) in [6.07, 6.45) is 2.55. The molecule has 0 aromatic rings. The molecule has 0 bridgehead atoms. The highest BCUT2D eigenvalue weighted by Crippen LogP contribution is 2.43. The second kappa shape index (κ2) is 10.5. The van der Waals surface area contributed by atoms with E-state index in [1.54, 1.807) is 0 Å². The largest absolute Gasteiger partial charge is 0.461 e. The lowest BCUT2D eigenvalue weighted by molar-refractivity contribution is -0.187. The molecule has 0 amide bonds. The lowest BCUT2D eigenvalue weighted by atomic mass is 9.75. The molecule has 2 aliphatic heterocycles. The number of likely N-dealkylation sites (tertiary alicyclic amines) is 2. The molecule has 0 unspecified atom stereocenters. The van der Waals surface area contributed by atoms with E-state index in [9.17, 15) is 9.59 Å². The van der Waals surface area contributed by atoms with Crippen LogP contribution in [-0.4, -0.2) is 70.2 Å². The molecule has 2 fully saturated rings. The van der Waals surface area contributed by atoms with Gasteiger partial charge in [-0.05, 0) is 96.2 Å². The van der Waals surface area contributed by atoms with Gasteiger partial charge in [0.15, 0.2) is 5.41 Å². The average Bonchev–Trinajstić information content (AvgIpc) is 2.67. The van der Waals surface area contributed by atoms with Crippen LogP contribution in [0.4, 0.5) is 0 Å². The van der Waals surface area contributed by atoms with Gasteiger partial charge < -0.3 is 9.47 Å². The summed E-state index contributed by atoms with van der Waals surface area (Å²) in [7, 11) is 4.23. The standard InChI is InChI=1S/C31H54N2O4/c1-21(2)15-31(16-22(3)4,25(34)36-23-17-27(5,6)32(13)28(7,8)18-23)26(35)37-24-19-29(9,10)33(14)30(11,12)20-24/h23-24H,1,3,15-20H2,2,4-14H3. The number of esters is 2. The highest BCUT2D eigenvalue weighted by Gasteiger charge is 2.53. The first-order valence-electron chi connectivity index (χ1n) is 13.7. The number of ether oxygens (including phenoxy) is 2. The van der Waals surface area contributed by atoms with Gasteiger partial charge in [0, 0.05) is 47.8 Å². The molecule has 2 aliphatic rings. The van der Waals surface area contributed by atoms with Crippen molar-refractivity contribution in [1.82, 2.24) is 9.80 Å². The van der Waals surface area contributed by atoms with Gasteiger partial charge in [-0.2, -0.15) is 0 Å². The Balaban J connectivity index is 2.40. The quantitative estimate of drug-likeness (QED) is 0.214. The van der Waals surface area contributed by atoms with Crippen LogP contribution < -0.4 is 0 Å². The monoisotopic (exact) mass is 518 g/mol. The third-order valence-corrected chi connectivity index (χ3v) is 9.08. The topological polar surface area (TPSA) is 59.1 Å². The fraction of sp³-hybridized carbons (Fsp3) is 0.806. The maximum absolute atomic E-state index is 14.1. The first-order valence-corrected chi connectivity index (χ1v) is 13.7. The number of nitrogens with zero attached hydrogens (tertiary/aromatic N) is 2. The lowest BCUT2D eigenvalue weighted by Gasteiger charge is -2.53. The third-order valence-electron chi connectivity index (χ3n) is 9.08. The molecule has 0 aliphatic carbocycles. The van der Waals surface area contributed by atoms with E-state index in [1.807, 2.05) is 13.8 Å². The van der Waals surface area contributed by atoms with Gasteiger partial charge in [-0.15, -0.1) is 13.2 Å². The first-order chi connectivity index (χ1) is 16.6. The Kier molecular flexibility index (Phi) is 8.94. The van der Waals surface area contributed by atoms with Gasteiger partial charge in [0.1, 0.15) is 12.2 Å². The van der Waals surface area contributed by atoms with Crippen LogP contribution in [0, 0.1) is 5.41 Å². The third kappa shape index (κ3) is 6.86. The Hall–Kier alpha value is -1.66. The van der Waals surface area contributed by atoms with Gasteiger partial charge in [-0.3, -0.25) is 19.4 Å². The molecule has 2 heterocycles. The minimum atomic E-state index is -1.49. The van der Waals surface area contributed by atoms with Gasteiger partial charge in [0.05, 0.1) is 0 Å². The average molecular weight is 519 g/mol. The number of rotatable bonds is 8. The molecule has 2 saturated heterocycles. The fourth-order valence-corrected chi connectivity index (χ4v) is 6.72. The molecule has 0 N–H and O–H groups in total. The summed E-state index contributed by atoms with van der Waals surface area (Å²) < 4.78 is 12.5. The maximum Gasteiger partial charge on any atom is 0.324 e. The van der Waals surface area contributed by atoms with Crippen molar-refractivity contribution in [1.29, 1.82) is 0 Å². The van der Waals surface area contributed by atoms with E-state index in [2.05, 4.69) is 92.4 Å². The second-order valence-corrected chi connectivity index (χ2v) is 14.6. The maximum atomic E-state index is 14.1. The van der Waals surface area contributed by atoms with Crippen LogP contribution in [0.15, 0.2) is 24.3 Å². The van der Waals surface area contributed by atoms with Crippen LogP contribution in [-0.2, 0) is 19.1 Å². The number of allylic oxidation sites excluding steroid dienone is 2. The summed E-state index contributed by atoms with van der Waals surface area (Å²) in [6, 6.07) is 0. The van der Waals surface area contributed by atoms with E-state index in [0.717, 1.165) is 11.1 Å². The number of carbonyl (C=O) groups excluding carboxylic acids is 2. The van der Waals surface area contributed by atoms with Gasteiger partial charge in [0.25, 0.3) is 0 Å². The summed E-state index contributed by atoms with van der Waals surface area (Å²) in [5, 5.41) is 0. The number of carbonyl (C=O) groups is 2. The lowest BCUT2D eigenvalue weighted by Crippen LogP contribution is -2.61. The zero-order valence-corrected chi connectivity index (χ0v) is 25.8. The number of piperidine rings is 2. The summed E-state index contributed by atoms with van der Waals surface area (Å²) in [4.78, 5) is 32.8. The summed E-state index contributed by atoms with van der Waals surface area (Å²) >= 11 is 0. The van der Waals surface area contributed by atoms with E-state index in [-0.39, 0.29) is 47.2 Å². The Morgan fingerprint density at radius 3 is 1.14 bits per heavy atom. The highest BCUT2D eigenvalue weighted by molar-refractivity contribution is 6.01. The van der Waals surface area contributed by atoms with Crippen molar-refractivity contribution in [2.45, 2.75) is 142 Å². The van der Waals surface area contributed by atoms with Crippen molar-refractivity contribution in [2.75, 3.05) is 14.1 Å². The summed E-state index contributed by atoms with van der Waals surface area (Å²) in [5.41, 5.74) is -0.611. The molecule has 6 nitrogen and oxygen atoms in total. The van der Waals surface area contributed by atoms with Gasteiger partial charge >= 0.3 is 11.9 Å². The summed E-state index contributed by atoms with van der Waals surface area (Å²) in [5.74, 6) is -1.03. The van der Waals surface area contributed by atoms with E-state index >= 15 is 0 Å². The normalized spacial score (nSPS) is 24.3. The van der Waals surface area contributed by atoms with E-state index in [0.29, 0.717) is 25.7 Å². The van der Waals surface area contributed by atoms with Crippen molar-refractivity contribution in [3.63, 3.8) is 0 Å². The molecule has 0 aromatic carbocycles. The van der Waals surface area contributed by atoms with E-state index in [4.69, 9.17) is 9.47 Å². The van der Waals surface area contributed by atoms with Crippen molar-refractivity contribution in [3.8, 4) is 0 Å². The highest BCUT2D eigenvalue weighted by atomic mass is 16.6. The Morgan fingerprint density at radius 1 is 0.676 bits per heavy atom. The second-order valence-electron chi connectivity index (χ2n) is 14.6. The van der Waals surface area contributed by atoms with Crippen molar-refractivity contribution < 1.29 is 19.1 Å². The number of hydrogen-bond acceptors (Lipinski definition) is 6. The molecule has 0 aromatic heterocycles. The predicted octanol–water partition coefficient (Wildman–Crippen LogP) is 6.29. The molecule has 37 heavy (non-hydrogen) atoms. The van der Waals surface area contributed by atoms with Gasteiger partial charge in [0.2, 0.25) is 0 Å². The van der Waals surface area contributed by atoms with Crippen molar-refractivity contribution in [3.05, 3.63) is 24.3 Å². The smallest absolute Gasteiger partial charge is 0.324 e. The fourth-order valence-electron chi connectivity index (χ4n) is 6.72. The van der Waals surface area contributed by atoms with Crippen LogP contribution in [0.3, 0.4) is 0 Å². The van der Waals surface area contributed by atoms with Crippen LogP contribution in [0.25, 0.3) is 0 Å². The van der Waals surface area contributed by atoms with Crippen molar-refractivity contribution in [2.24, 2.45) is 5.41 Å². The van der Waals surface area contributed by atoms with E-state index < -0.39 is 17.4 Å². The minimum Gasteiger partial charge on any atom is -0.461 e. The Labute approximate surface area is 226 Å². The van der Waals surface area contributed by atoms with Crippen LogP contribution >= 0.6 is 0 Å². The number of hydrogen-bond donors (Lipinski definition) is 0. The zero-order chi connectivity index (χ0) is 28.8. The van der Waals surface area contributed by atoms with Crippen LogP contribution in [0.1, 0.15) is 108 Å². The molecule has 212 valence electrons. The van der Waals surface area contributed by atoms with Gasteiger partial charge in [-0.1, -0.05) is 11.1 Å². The molecule has 0 atom stereocenters. The molecule has 2 rings (SSSR count). The molecule has 0 radical (unpaired) electrons. The SMILES string of the molecule is C=C(C)CC(CC(=C)C)(C(=O)OC1CC(C)(C)N(C)C(C)(C)C1)C(=O)OC1CC(C)(C)N(C)C(C)(C)C1. The van der Waals surface area contributed by atoms with Crippen LogP contribution in [0.5, 0.6) is 0 Å². The van der Waals surface area contributed by atoms with Crippen LogP contribution in [0.2, 0.25) is 0 Å². The van der Waals surface area contributed by atoms with E-state index in [1.165, 1.54) is 0 Å². The minimum absolute atomic E-state index is 0.149. The summed E-state index contributed by atoms with van der Waals surface area (Å²) in [6.45, 7) is 29.2. The molecular formula is C31H54N2O4. The van der Waals surface area contributed by atoms with Gasteiger partial charge in [-0.25, -0.2) is 0 Å². The molecular weight excluding hydrogens is 464 g/mol.